The average Bonchev–Trinajstić information content (AvgIpc) is 3.19. The van der Waals surface area contributed by atoms with Crippen LogP contribution in [0, 0.1) is 0 Å². The van der Waals surface area contributed by atoms with Crippen LogP contribution in [-0.2, 0) is 26.0 Å². The van der Waals surface area contributed by atoms with E-state index in [9.17, 15) is 13.2 Å². The number of thioether (sulfide) groups is 1. The lowest BCUT2D eigenvalue weighted by molar-refractivity contribution is -0.115. The molecule has 4 rings (SSSR count). The van der Waals surface area contributed by atoms with Gasteiger partial charge in [0.1, 0.15) is 5.75 Å². The van der Waals surface area contributed by atoms with Crippen molar-refractivity contribution in [2.45, 2.75) is 41.4 Å². The maximum Gasteiger partial charge on any atom is 0.243 e. The summed E-state index contributed by atoms with van der Waals surface area (Å²) in [5.41, 5.74) is 1.51. The lowest BCUT2D eigenvalue weighted by atomic mass is 10.1. The number of sulfonamides is 1. The summed E-state index contributed by atoms with van der Waals surface area (Å²) in [6, 6.07) is 12.6. The Bertz CT molecular complexity index is 1040. The highest BCUT2D eigenvalue weighted by atomic mass is 32.2. The van der Waals surface area contributed by atoms with Gasteiger partial charge in [0, 0.05) is 18.0 Å². The molecule has 1 atom stereocenters. The third-order valence-electron chi connectivity index (χ3n) is 5.12. The van der Waals surface area contributed by atoms with Gasteiger partial charge in [-0.1, -0.05) is 18.2 Å². The number of hydrogen-bond donors (Lipinski definition) is 1. The number of rotatable bonds is 6. The number of anilines is 1. The van der Waals surface area contributed by atoms with Gasteiger partial charge in [-0.3, -0.25) is 4.79 Å². The number of ether oxygens (including phenoxy) is 2. The van der Waals surface area contributed by atoms with E-state index in [0.717, 1.165) is 10.5 Å². The molecule has 9 heteroatoms. The summed E-state index contributed by atoms with van der Waals surface area (Å²) in [6.07, 6.45) is 0.515. The Morgan fingerprint density at radius 1 is 1.19 bits per heavy atom. The van der Waals surface area contributed by atoms with E-state index < -0.39 is 10.0 Å². The van der Waals surface area contributed by atoms with Crippen molar-refractivity contribution in [3.63, 3.8) is 0 Å². The minimum atomic E-state index is -3.69. The van der Waals surface area contributed by atoms with Gasteiger partial charge in [-0.2, -0.15) is 4.31 Å². The molecule has 1 amide bonds. The molecule has 0 saturated carbocycles. The van der Waals surface area contributed by atoms with Crippen molar-refractivity contribution in [3.05, 3.63) is 48.0 Å². The van der Waals surface area contributed by atoms with Gasteiger partial charge in [0.2, 0.25) is 15.9 Å². The molecule has 0 bridgehead atoms. The Labute approximate surface area is 187 Å². The van der Waals surface area contributed by atoms with Crippen molar-refractivity contribution in [1.29, 1.82) is 0 Å². The van der Waals surface area contributed by atoms with E-state index in [4.69, 9.17) is 9.47 Å². The second-order valence-corrected chi connectivity index (χ2v) is 10.9. The highest BCUT2D eigenvalue weighted by Gasteiger charge is 2.30. The van der Waals surface area contributed by atoms with Crippen molar-refractivity contribution < 1.29 is 22.7 Å². The van der Waals surface area contributed by atoms with E-state index >= 15 is 0 Å². The molecule has 0 aliphatic carbocycles. The number of benzene rings is 2. The van der Waals surface area contributed by atoms with E-state index in [1.165, 1.54) is 28.2 Å². The SMILES string of the molecule is CC(C)Oc1ccc(S(=O)(=O)N2CCOCC2)cc1NC(=O)[C@@H]1Cc2ccccc2S1. The van der Waals surface area contributed by atoms with Crippen LogP contribution in [0.3, 0.4) is 0 Å². The summed E-state index contributed by atoms with van der Waals surface area (Å²) in [5, 5.41) is 2.64. The Morgan fingerprint density at radius 3 is 2.65 bits per heavy atom. The van der Waals surface area contributed by atoms with Crippen LogP contribution in [0.4, 0.5) is 5.69 Å². The molecule has 0 radical (unpaired) electrons. The van der Waals surface area contributed by atoms with E-state index in [1.807, 2.05) is 38.1 Å². The molecular formula is C22H26N2O5S2. The Kier molecular flexibility index (Phi) is 6.57. The second-order valence-electron chi connectivity index (χ2n) is 7.75. The standard InChI is InChI=1S/C22H26N2O5S2/c1-15(2)29-19-8-7-17(31(26,27)24-9-11-28-12-10-24)14-18(19)23-22(25)21-13-16-5-3-4-6-20(16)30-21/h3-8,14-15,21H,9-13H2,1-2H3,(H,23,25)/t21-/m0/s1. The largest absolute Gasteiger partial charge is 0.489 e. The molecule has 2 aliphatic rings. The quantitative estimate of drug-likeness (QED) is 0.710. The molecule has 31 heavy (non-hydrogen) atoms. The van der Waals surface area contributed by atoms with Crippen LogP contribution in [0.15, 0.2) is 52.3 Å². The molecule has 166 valence electrons. The fourth-order valence-electron chi connectivity index (χ4n) is 3.60. The fraction of sp³-hybridized carbons (Fsp3) is 0.409. The van der Waals surface area contributed by atoms with Gasteiger partial charge in [-0.15, -0.1) is 11.8 Å². The molecule has 1 N–H and O–H groups in total. The zero-order valence-electron chi connectivity index (χ0n) is 17.5. The summed E-state index contributed by atoms with van der Waals surface area (Å²) in [4.78, 5) is 14.2. The zero-order valence-corrected chi connectivity index (χ0v) is 19.2. The smallest absolute Gasteiger partial charge is 0.243 e. The summed E-state index contributed by atoms with van der Waals surface area (Å²) in [6.45, 7) is 5.13. The molecule has 0 spiro atoms. The fourth-order valence-corrected chi connectivity index (χ4v) is 6.23. The first-order valence-electron chi connectivity index (χ1n) is 10.3. The molecule has 2 heterocycles. The minimum absolute atomic E-state index is 0.123. The van der Waals surface area contributed by atoms with E-state index in [0.29, 0.717) is 44.2 Å². The van der Waals surface area contributed by atoms with E-state index in [1.54, 1.807) is 6.07 Å². The number of morpholine rings is 1. The molecule has 2 aromatic carbocycles. The predicted octanol–water partition coefficient (Wildman–Crippen LogP) is 3.15. The van der Waals surface area contributed by atoms with Crippen molar-refractivity contribution in [3.8, 4) is 5.75 Å². The molecule has 7 nitrogen and oxygen atoms in total. The Hall–Kier alpha value is -2.07. The monoisotopic (exact) mass is 462 g/mol. The average molecular weight is 463 g/mol. The lowest BCUT2D eigenvalue weighted by Gasteiger charge is -2.26. The maximum atomic E-state index is 13.1. The summed E-state index contributed by atoms with van der Waals surface area (Å²) in [7, 11) is -3.69. The first-order valence-corrected chi connectivity index (χ1v) is 12.6. The lowest BCUT2D eigenvalue weighted by Crippen LogP contribution is -2.40. The highest BCUT2D eigenvalue weighted by molar-refractivity contribution is 8.01. The van der Waals surface area contributed by atoms with Crippen molar-refractivity contribution in [2.24, 2.45) is 0 Å². The first kappa shape index (κ1) is 22.1. The van der Waals surface area contributed by atoms with Crippen LogP contribution >= 0.6 is 11.8 Å². The molecule has 1 fully saturated rings. The third-order valence-corrected chi connectivity index (χ3v) is 8.33. The minimum Gasteiger partial charge on any atom is -0.489 e. The van der Waals surface area contributed by atoms with Crippen molar-refractivity contribution in [2.75, 3.05) is 31.6 Å². The van der Waals surface area contributed by atoms with Gasteiger partial charge in [0.25, 0.3) is 0 Å². The molecule has 0 aromatic heterocycles. The number of amides is 1. The maximum absolute atomic E-state index is 13.1. The Morgan fingerprint density at radius 2 is 1.94 bits per heavy atom. The van der Waals surface area contributed by atoms with Gasteiger partial charge < -0.3 is 14.8 Å². The first-order chi connectivity index (χ1) is 14.8. The number of carbonyl (C=O) groups excluding carboxylic acids is 1. The predicted molar refractivity (Wildman–Crippen MR) is 120 cm³/mol. The Balaban J connectivity index is 1.59. The van der Waals surface area contributed by atoms with Crippen molar-refractivity contribution in [1.82, 2.24) is 4.31 Å². The van der Waals surface area contributed by atoms with Gasteiger partial charge in [0.15, 0.2) is 0 Å². The van der Waals surface area contributed by atoms with Crippen LogP contribution < -0.4 is 10.1 Å². The van der Waals surface area contributed by atoms with Gasteiger partial charge in [0.05, 0.1) is 35.2 Å². The van der Waals surface area contributed by atoms with E-state index in [-0.39, 0.29) is 22.2 Å². The molecule has 2 aliphatic heterocycles. The molecule has 0 unspecified atom stereocenters. The topological polar surface area (TPSA) is 84.9 Å². The number of fused-ring (bicyclic) bond motifs is 1. The van der Waals surface area contributed by atoms with E-state index in [2.05, 4.69) is 5.32 Å². The third kappa shape index (κ3) is 4.90. The van der Waals surface area contributed by atoms with Crippen LogP contribution in [0.5, 0.6) is 5.75 Å². The molecule has 1 saturated heterocycles. The van der Waals surface area contributed by atoms with Gasteiger partial charge in [-0.25, -0.2) is 8.42 Å². The van der Waals surface area contributed by atoms with Crippen LogP contribution in [-0.4, -0.2) is 56.3 Å². The number of nitrogens with one attached hydrogen (secondary N) is 1. The number of carbonyl (C=O) groups is 1. The summed E-state index contributed by atoms with van der Waals surface area (Å²) < 4.78 is 38.7. The number of nitrogens with zero attached hydrogens (tertiary/aromatic N) is 1. The molecular weight excluding hydrogens is 436 g/mol. The zero-order chi connectivity index (χ0) is 22.0. The molecule has 2 aromatic rings. The number of hydrogen-bond acceptors (Lipinski definition) is 6. The van der Waals surface area contributed by atoms with Crippen LogP contribution in [0.1, 0.15) is 19.4 Å². The van der Waals surface area contributed by atoms with Crippen LogP contribution in [0.2, 0.25) is 0 Å². The van der Waals surface area contributed by atoms with Crippen LogP contribution in [0.25, 0.3) is 0 Å². The van der Waals surface area contributed by atoms with Crippen molar-refractivity contribution >= 4 is 33.4 Å². The summed E-state index contributed by atoms with van der Waals surface area (Å²) in [5.74, 6) is 0.278. The van der Waals surface area contributed by atoms with Gasteiger partial charge >= 0.3 is 0 Å². The highest BCUT2D eigenvalue weighted by Crippen LogP contribution is 2.38. The normalized spacial score (nSPS) is 19.3. The van der Waals surface area contributed by atoms with Gasteiger partial charge in [-0.05, 0) is 50.1 Å². The summed E-state index contributed by atoms with van der Waals surface area (Å²) >= 11 is 1.52. The second kappa shape index (κ2) is 9.20.